The third-order valence-corrected chi connectivity index (χ3v) is 5.68. The first-order valence-electron chi connectivity index (χ1n) is 7.22. The van der Waals surface area contributed by atoms with E-state index in [-0.39, 0.29) is 11.5 Å². The van der Waals surface area contributed by atoms with Crippen LogP contribution in [0.15, 0.2) is 29.2 Å². The Morgan fingerprint density at radius 2 is 1.85 bits per heavy atom. The predicted octanol–water partition coefficient (Wildman–Crippen LogP) is 2.28. The van der Waals surface area contributed by atoms with Crippen LogP contribution in [-0.2, 0) is 16.6 Å². The van der Waals surface area contributed by atoms with Gasteiger partial charge in [0.1, 0.15) is 0 Å². The van der Waals surface area contributed by atoms with Crippen molar-refractivity contribution in [1.82, 2.24) is 4.72 Å². The van der Waals surface area contributed by atoms with E-state index in [1.165, 1.54) is 31.4 Å². The zero-order valence-corrected chi connectivity index (χ0v) is 12.7. The second-order valence-electron chi connectivity index (χ2n) is 5.68. The van der Waals surface area contributed by atoms with Crippen molar-refractivity contribution in [3.63, 3.8) is 0 Å². The molecule has 0 spiro atoms. The molecule has 5 heteroatoms. The van der Waals surface area contributed by atoms with Crippen LogP contribution in [0.4, 0.5) is 0 Å². The molecule has 1 aromatic rings. The lowest BCUT2D eigenvalue weighted by Crippen LogP contribution is -2.33. The van der Waals surface area contributed by atoms with Crippen LogP contribution in [0.25, 0.3) is 0 Å². The lowest BCUT2D eigenvalue weighted by atomic mass is 9.81. The van der Waals surface area contributed by atoms with Crippen LogP contribution in [0, 0.1) is 11.8 Å². The van der Waals surface area contributed by atoms with Gasteiger partial charge in [0.25, 0.3) is 0 Å². The summed E-state index contributed by atoms with van der Waals surface area (Å²) in [5.41, 5.74) is 0.713. The van der Waals surface area contributed by atoms with E-state index in [0.29, 0.717) is 23.9 Å². The van der Waals surface area contributed by atoms with E-state index in [4.69, 9.17) is 5.11 Å². The van der Waals surface area contributed by atoms with Gasteiger partial charge >= 0.3 is 0 Å². The number of hydrogen-bond donors (Lipinski definition) is 2. The molecule has 1 aliphatic rings. The van der Waals surface area contributed by atoms with Crippen LogP contribution in [0.2, 0.25) is 0 Å². The summed E-state index contributed by atoms with van der Waals surface area (Å²) in [6.07, 6.45) is 4.75. The van der Waals surface area contributed by atoms with Gasteiger partial charge in [-0.05, 0) is 36.0 Å². The van der Waals surface area contributed by atoms with Gasteiger partial charge in [0.05, 0.1) is 11.5 Å². The van der Waals surface area contributed by atoms with Gasteiger partial charge in [-0.2, -0.15) is 0 Å². The largest absolute Gasteiger partial charge is 0.392 e. The van der Waals surface area contributed by atoms with Gasteiger partial charge < -0.3 is 5.11 Å². The molecule has 0 saturated heterocycles. The summed E-state index contributed by atoms with van der Waals surface area (Å²) in [7, 11) is -3.44. The lowest BCUT2D eigenvalue weighted by molar-refractivity contribution is 0.257. The molecule has 2 atom stereocenters. The van der Waals surface area contributed by atoms with E-state index in [9.17, 15) is 8.42 Å². The molecular formula is C15H23NO3S. The lowest BCUT2D eigenvalue weighted by Gasteiger charge is -2.28. The summed E-state index contributed by atoms with van der Waals surface area (Å²) in [5.74, 6) is 1.03. The first-order valence-corrected chi connectivity index (χ1v) is 8.70. The minimum absolute atomic E-state index is 0.0760. The van der Waals surface area contributed by atoms with Crippen LogP contribution in [0.3, 0.4) is 0 Å². The van der Waals surface area contributed by atoms with E-state index in [0.717, 1.165) is 6.42 Å². The van der Waals surface area contributed by atoms with E-state index < -0.39 is 10.0 Å². The molecule has 0 aromatic heterocycles. The molecule has 20 heavy (non-hydrogen) atoms. The highest BCUT2D eigenvalue weighted by Gasteiger charge is 2.23. The first kappa shape index (κ1) is 15.5. The fourth-order valence-electron chi connectivity index (χ4n) is 2.77. The van der Waals surface area contributed by atoms with Gasteiger partial charge in [0.15, 0.2) is 0 Å². The smallest absolute Gasteiger partial charge is 0.240 e. The van der Waals surface area contributed by atoms with Gasteiger partial charge in [-0.25, -0.2) is 13.1 Å². The van der Waals surface area contributed by atoms with Crippen molar-refractivity contribution in [2.24, 2.45) is 11.8 Å². The Hall–Kier alpha value is -0.910. The standard InChI is InChI=1S/C15H23NO3S/c1-12-4-2-3-5-14(12)10-16-20(18,19)15-8-6-13(11-17)7-9-15/h6-9,12,14,16-17H,2-5,10-11H2,1H3. The Morgan fingerprint density at radius 1 is 1.20 bits per heavy atom. The van der Waals surface area contributed by atoms with Gasteiger partial charge in [-0.3, -0.25) is 0 Å². The molecule has 0 amide bonds. The van der Waals surface area contributed by atoms with Crippen molar-refractivity contribution >= 4 is 10.0 Å². The Kier molecular flexibility index (Phi) is 5.18. The van der Waals surface area contributed by atoms with E-state index in [2.05, 4.69) is 11.6 Å². The second-order valence-corrected chi connectivity index (χ2v) is 7.44. The van der Waals surface area contributed by atoms with Gasteiger partial charge in [-0.1, -0.05) is 38.3 Å². The third-order valence-electron chi connectivity index (χ3n) is 4.24. The van der Waals surface area contributed by atoms with Crippen LogP contribution >= 0.6 is 0 Å². The summed E-state index contributed by atoms with van der Waals surface area (Å²) in [4.78, 5) is 0.262. The van der Waals surface area contributed by atoms with Gasteiger partial charge in [0.2, 0.25) is 10.0 Å². The Bertz CT molecular complexity index is 525. The van der Waals surface area contributed by atoms with Crippen molar-refractivity contribution in [1.29, 1.82) is 0 Å². The second kappa shape index (κ2) is 6.70. The highest BCUT2D eigenvalue weighted by Crippen LogP contribution is 2.29. The normalized spacial score (nSPS) is 23.7. The topological polar surface area (TPSA) is 66.4 Å². The molecule has 2 N–H and O–H groups in total. The molecule has 0 bridgehead atoms. The highest BCUT2D eigenvalue weighted by molar-refractivity contribution is 7.89. The fraction of sp³-hybridized carbons (Fsp3) is 0.600. The first-order chi connectivity index (χ1) is 9.53. The van der Waals surface area contributed by atoms with Crippen molar-refractivity contribution in [2.45, 2.75) is 44.1 Å². The predicted molar refractivity (Wildman–Crippen MR) is 78.7 cm³/mol. The minimum Gasteiger partial charge on any atom is -0.392 e. The Labute approximate surface area is 121 Å². The zero-order chi connectivity index (χ0) is 14.6. The molecule has 0 heterocycles. The number of sulfonamides is 1. The molecule has 1 aliphatic carbocycles. The monoisotopic (exact) mass is 297 g/mol. The van der Waals surface area contributed by atoms with Crippen molar-refractivity contribution in [3.8, 4) is 0 Å². The maximum absolute atomic E-state index is 12.2. The SMILES string of the molecule is CC1CCCCC1CNS(=O)(=O)c1ccc(CO)cc1. The molecular weight excluding hydrogens is 274 g/mol. The fourth-order valence-corrected chi connectivity index (χ4v) is 3.86. The Balaban J connectivity index is 1.99. The molecule has 0 radical (unpaired) electrons. The van der Waals surface area contributed by atoms with Crippen LogP contribution in [-0.4, -0.2) is 20.1 Å². The van der Waals surface area contributed by atoms with Crippen molar-refractivity contribution in [2.75, 3.05) is 6.54 Å². The van der Waals surface area contributed by atoms with Gasteiger partial charge in [0, 0.05) is 6.54 Å². The molecule has 1 fully saturated rings. The number of rotatable bonds is 5. The third kappa shape index (κ3) is 3.81. The maximum Gasteiger partial charge on any atom is 0.240 e. The summed E-state index contributed by atoms with van der Waals surface area (Å²) in [5, 5.41) is 8.97. The van der Waals surface area contributed by atoms with Crippen LogP contribution in [0.1, 0.15) is 38.2 Å². The number of hydrogen-bond acceptors (Lipinski definition) is 3. The van der Waals surface area contributed by atoms with Crippen molar-refractivity contribution < 1.29 is 13.5 Å². The van der Waals surface area contributed by atoms with Crippen LogP contribution in [0.5, 0.6) is 0 Å². The quantitative estimate of drug-likeness (QED) is 0.876. The highest BCUT2D eigenvalue weighted by atomic mass is 32.2. The molecule has 1 saturated carbocycles. The average Bonchev–Trinajstić information content (AvgIpc) is 2.46. The maximum atomic E-state index is 12.2. The molecule has 4 nitrogen and oxygen atoms in total. The van der Waals surface area contributed by atoms with Crippen molar-refractivity contribution in [3.05, 3.63) is 29.8 Å². The average molecular weight is 297 g/mol. The number of nitrogens with one attached hydrogen (secondary N) is 1. The molecule has 112 valence electrons. The molecule has 2 unspecified atom stereocenters. The Morgan fingerprint density at radius 3 is 2.45 bits per heavy atom. The molecule has 2 rings (SSSR count). The van der Waals surface area contributed by atoms with E-state index in [1.807, 2.05) is 0 Å². The van der Waals surface area contributed by atoms with Gasteiger partial charge in [-0.15, -0.1) is 0 Å². The number of aliphatic hydroxyl groups excluding tert-OH is 1. The minimum atomic E-state index is -3.44. The number of aliphatic hydroxyl groups is 1. The zero-order valence-electron chi connectivity index (χ0n) is 11.9. The summed E-state index contributed by atoms with van der Waals surface area (Å²) < 4.78 is 27.1. The summed E-state index contributed by atoms with van der Waals surface area (Å²) in [6, 6.07) is 6.35. The van der Waals surface area contributed by atoms with E-state index >= 15 is 0 Å². The summed E-state index contributed by atoms with van der Waals surface area (Å²) >= 11 is 0. The summed E-state index contributed by atoms with van der Waals surface area (Å²) in [6.45, 7) is 2.65. The van der Waals surface area contributed by atoms with E-state index in [1.54, 1.807) is 12.1 Å². The molecule has 1 aromatic carbocycles. The number of benzene rings is 1. The molecule has 0 aliphatic heterocycles. The van der Waals surface area contributed by atoms with Crippen LogP contribution < -0.4 is 4.72 Å².